The van der Waals surface area contributed by atoms with E-state index in [2.05, 4.69) is 15.5 Å². The minimum atomic E-state index is -0.504. The fraction of sp³-hybridized carbons (Fsp3) is 0.136. The number of carbonyl (C=O) groups excluding carboxylic acids is 1. The standard InChI is InChI=1S/C22H18Cl2FN3O3/c1-2-30-19-11-14(12-27-28-22(29)16-7-5-9-26-21(16)24)10-17(23)20(19)31-13-15-6-3-4-8-18(15)25/h3-12H,2,13H2,1H3,(H,28,29). The number of pyridine rings is 1. The Bertz CT molecular complexity index is 1110. The molecule has 0 unspecified atom stereocenters. The maximum atomic E-state index is 13.8. The Hall–Kier alpha value is -3.16. The quantitative estimate of drug-likeness (QED) is 0.281. The molecule has 0 aliphatic heterocycles. The van der Waals surface area contributed by atoms with Crippen LogP contribution in [-0.2, 0) is 6.61 Å². The molecule has 1 heterocycles. The molecule has 2 aromatic carbocycles. The summed E-state index contributed by atoms with van der Waals surface area (Å²) in [6.45, 7) is 2.16. The van der Waals surface area contributed by atoms with E-state index in [0.717, 1.165) is 0 Å². The number of hydrogen-bond acceptors (Lipinski definition) is 5. The summed E-state index contributed by atoms with van der Waals surface area (Å²) in [4.78, 5) is 16.0. The predicted octanol–water partition coefficient (Wildman–Crippen LogP) is 5.27. The summed E-state index contributed by atoms with van der Waals surface area (Å²) in [7, 11) is 0. The normalized spacial score (nSPS) is 10.8. The van der Waals surface area contributed by atoms with Gasteiger partial charge in [-0.15, -0.1) is 0 Å². The van der Waals surface area contributed by atoms with Gasteiger partial charge in [0.1, 0.15) is 17.6 Å². The van der Waals surface area contributed by atoms with Gasteiger partial charge in [-0.1, -0.05) is 41.4 Å². The van der Waals surface area contributed by atoms with E-state index in [9.17, 15) is 9.18 Å². The highest BCUT2D eigenvalue weighted by Crippen LogP contribution is 2.37. The van der Waals surface area contributed by atoms with E-state index in [1.54, 1.807) is 36.4 Å². The second-order valence-electron chi connectivity index (χ2n) is 6.18. The lowest BCUT2D eigenvalue weighted by molar-refractivity contribution is 0.0955. The summed E-state index contributed by atoms with van der Waals surface area (Å²) in [5.74, 6) is -0.218. The van der Waals surface area contributed by atoms with Gasteiger partial charge in [0.25, 0.3) is 5.91 Å². The number of halogens is 3. The molecule has 0 saturated heterocycles. The molecule has 160 valence electrons. The zero-order valence-electron chi connectivity index (χ0n) is 16.4. The first-order valence-electron chi connectivity index (χ1n) is 9.26. The van der Waals surface area contributed by atoms with Crippen LogP contribution in [0.1, 0.15) is 28.4 Å². The molecule has 3 rings (SSSR count). The summed E-state index contributed by atoms with van der Waals surface area (Å²) in [6, 6.07) is 12.7. The number of ether oxygens (including phenoxy) is 2. The van der Waals surface area contributed by atoms with Crippen molar-refractivity contribution >= 4 is 35.3 Å². The van der Waals surface area contributed by atoms with Crippen molar-refractivity contribution in [2.24, 2.45) is 5.10 Å². The molecule has 0 saturated carbocycles. The Morgan fingerprint density at radius 3 is 2.74 bits per heavy atom. The SMILES string of the molecule is CCOc1cc(C=NNC(=O)c2cccnc2Cl)cc(Cl)c1OCc1ccccc1F. The number of nitrogens with zero attached hydrogens (tertiary/aromatic N) is 2. The third kappa shape index (κ3) is 5.93. The van der Waals surface area contributed by atoms with Gasteiger partial charge >= 0.3 is 0 Å². The lowest BCUT2D eigenvalue weighted by Crippen LogP contribution is -2.18. The molecule has 0 radical (unpaired) electrons. The van der Waals surface area contributed by atoms with E-state index in [1.165, 1.54) is 24.5 Å². The lowest BCUT2D eigenvalue weighted by atomic mass is 10.2. The number of nitrogens with one attached hydrogen (secondary N) is 1. The van der Waals surface area contributed by atoms with Crippen molar-refractivity contribution in [1.82, 2.24) is 10.4 Å². The molecule has 31 heavy (non-hydrogen) atoms. The zero-order chi connectivity index (χ0) is 22.2. The number of aromatic nitrogens is 1. The van der Waals surface area contributed by atoms with Crippen LogP contribution in [0.15, 0.2) is 59.8 Å². The predicted molar refractivity (Wildman–Crippen MR) is 118 cm³/mol. The molecule has 6 nitrogen and oxygen atoms in total. The molecule has 0 aliphatic carbocycles. The van der Waals surface area contributed by atoms with Crippen molar-refractivity contribution in [2.75, 3.05) is 6.61 Å². The molecule has 1 N–H and O–H groups in total. The van der Waals surface area contributed by atoms with E-state index in [1.807, 2.05) is 6.92 Å². The van der Waals surface area contributed by atoms with Gasteiger partial charge in [-0.25, -0.2) is 14.8 Å². The van der Waals surface area contributed by atoms with Crippen molar-refractivity contribution in [2.45, 2.75) is 13.5 Å². The number of carbonyl (C=O) groups is 1. The molecule has 0 fully saturated rings. The van der Waals surface area contributed by atoms with Crippen LogP contribution in [0.2, 0.25) is 10.2 Å². The Labute approximate surface area is 188 Å². The van der Waals surface area contributed by atoms with E-state index in [4.69, 9.17) is 32.7 Å². The first-order chi connectivity index (χ1) is 15.0. The van der Waals surface area contributed by atoms with Gasteiger partial charge < -0.3 is 9.47 Å². The maximum Gasteiger partial charge on any atom is 0.274 e. The van der Waals surface area contributed by atoms with Crippen LogP contribution in [0.4, 0.5) is 4.39 Å². The van der Waals surface area contributed by atoms with E-state index < -0.39 is 5.91 Å². The second kappa shape index (κ2) is 10.7. The largest absolute Gasteiger partial charge is 0.490 e. The van der Waals surface area contributed by atoms with Crippen LogP contribution < -0.4 is 14.9 Å². The third-order valence-corrected chi connectivity index (χ3v) is 4.63. The molecule has 0 aliphatic rings. The minimum absolute atomic E-state index is 0.0121. The van der Waals surface area contributed by atoms with Gasteiger partial charge in [-0.3, -0.25) is 4.79 Å². The zero-order valence-corrected chi connectivity index (χ0v) is 18.0. The lowest BCUT2D eigenvalue weighted by Gasteiger charge is -2.14. The Balaban J connectivity index is 1.74. The summed E-state index contributed by atoms with van der Waals surface area (Å²) in [6.07, 6.45) is 2.88. The molecule has 1 aromatic heterocycles. The molecule has 9 heteroatoms. The molecule has 0 bridgehead atoms. The number of hydrazone groups is 1. The van der Waals surface area contributed by atoms with Crippen LogP contribution >= 0.6 is 23.2 Å². The smallest absolute Gasteiger partial charge is 0.274 e. The molecular weight excluding hydrogens is 444 g/mol. The Kier molecular flexibility index (Phi) is 7.81. The monoisotopic (exact) mass is 461 g/mol. The third-order valence-electron chi connectivity index (χ3n) is 4.04. The van der Waals surface area contributed by atoms with Gasteiger partial charge in [-0.05, 0) is 42.8 Å². The van der Waals surface area contributed by atoms with Gasteiger partial charge in [0.15, 0.2) is 11.5 Å². The van der Waals surface area contributed by atoms with E-state index in [-0.39, 0.29) is 33.9 Å². The highest BCUT2D eigenvalue weighted by Gasteiger charge is 2.14. The van der Waals surface area contributed by atoms with Crippen LogP contribution in [0, 0.1) is 5.82 Å². The Morgan fingerprint density at radius 1 is 1.19 bits per heavy atom. The second-order valence-corrected chi connectivity index (χ2v) is 6.95. The first kappa shape index (κ1) is 22.5. The number of benzene rings is 2. The molecular formula is C22H18Cl2FN3O3. The van der Waals surface area contributed by atoms with Gasteiger partial charge in [-0.2, -0.15) is 5.10 Å². The summed E-state index contributed by atoms with van der Waals surface area (Å²) >= 11 is 12.3. The van der Waals surface area contributed by atoms with Gasteiger partial charge in [0.2, 0.25) is 0 Å². The molecule has 0 atom stereocenters. The minimum Gasteiger partial charge on any atom is -0.490 e. The van der Waals surface area contributed by atoms with Crippen molar-refractivity contribution in [3.63, 3.8) is 0 Å². The first-order valence-corrected chi connectivity index (χ1v) is 10.0. The highest BCUT2D eigenvalue weighted by molar-refractivity contribution is 6.33. The Morgan fingerprint density at radius 2 is 2.00 bits per heavy atom. The van der Waals surface area contributed by atoms with Crippen molar-refractivity contribution in [3.05, 3.63) is 87.4 Å². The van der Waals surface area contributed by atoms with Crippen LogP contribution in [0.5, 0.6) is 11.5 Å². The molecule has 1 amide bonds. The van der Waals surface area contributed by atoms with Crippen LogP contribution in [-0.4, -0.2) is 23.7 Å². The van der Waals surface area contributed by atoms with Crippen molar-refractivity contribution in [1.29, 1.82) is 0 Å². The summed E-state index contributed by atoms with van der Waals surface area (Å²) in [5, 5.41) is 4.25. The summed E-state index contributed by atoms with van der Waals surface area (Å²) < 4.78 is 25.2. The van der Waals surface area contributed by atoms with Crippen LogP contribution in [0.3, 0.4) is 0 Å². The average molecular weight is 462 g/mol. The average Bonchev–Trinajstić information content (AvgIpc) is 2.75. The maximum absolute atomic E-state index is 13.8. The van der Waals surface area contributed by atoms with Gasteiger partial charge in [0, 0.05) is 11.8 Å². The summed E-state index contributed by atoms with van der Waals surface area (Å²) in [5.41, 5.74) is 3.53. The van der Waals surface area contributed by atoms with E-state index in [0.29, 0.717) is 23.5 Å². The van der Waals surface area contributed by atoms with Crippen molar-refractivity contribution < 1.29 is 18.7 Å². The highest BCUT2D eigenvalue weighted by atomic mass is 35.5. The number of rotatable bonds is 8. The topological polar surface area (TPSA) is 72.8 Å². The van der Waals surface area contributed by atoms with Crippen molar-refractivity contribution in [3.8, 4) is 11.5 Å². The van der Waals surface area contributed by atoms with Crippen LogP contribution in [0.25, 0.3) is 0 Å². The van der Waals surface area contributed by atoms with E-state index >= 15 is 0 Å². The molecule has 0 spiro atoms. The van der Waals surface area contributed by atoms with Gasteiger partial charge in [0.05, 0.1) is 23.4 Å². The molecule has 3 aromatic rings. The fourth-order valence-corrected chi connectivity index (χ4v) is 3.09. The fourth-order valence-electron chi connectivity index (χ4n) is 2.61. The number of amides is 1. The number of hydrogen-bond donors (Lipinski definition) is 1.